The number of piperazine rings is 1. The summed E-state index contributed by atoms with van der Waals surface area (Å²) in [5, 5.41) is 3.34. The topological polar surface area (TPSA) is 75.4 Å². The summed E-state index contributed by atoms with van der Waals surface area (Å²) in [6.45, 7) is 5.60. The van der Waals surface area contributed by atoms with E-state index < -0.39 is 5.91 Å². The highest BCUT2D eigenvalue weighted by atomic mass is 35.5. The average molecular weight is 298 g/mol. The van der Waals surface area contributed by atoms with Gasteiger partial charge in [0.25, 0.3) is 5.91 Å². The molecule has 1 aromatic rings. The zero-order chi connectivity index (χ0) is 14.0. The number of primary amides is 1. The number of carbonyl (C=O) groups is 2. The minimum absolute atomic E-state index is 0. The fourth-order valence-corrected chi connectivity index (χ4v) is 2.29. The van der Waals surface area contributed by atoms with E-state index >= 15 is 0 Å². The molecule has 110 valence electrons. The van der Waals surface area contributed by atoms with Crippen LogP contribution in [0.15, 0.2) is 24.3 Å². The van der Waals surface area contributed by atoms with E-state index in [1.807, 2.05) is 11.8 Å². The smallest absolute Gasteiger partial charge is 0.254 e. The molecule has 1 aliphatic heterocycles. The van der Waals surface area contributed by atoms with Gasteiger partial charge in [-0.25, -0.2) is 0 Å². The molecule has 2 rings (SSSR count). The fourth-order valence-electron chi connectivity index (χ4n) is 2.29. The standard InChI is InChI=1S/C14H19N3O2.ClH/c1-9-10(2)17(8-7-16-9)14(19)12-5-3-11(4-6-12)13(15)18;/h3-6,9-10,16H,7-8H2,1-2H3,(H2,15,18);1H. The van der Waals surface area contributed by atoms with Crippen LogP contribution in [-0.2, 0) is 0 Å². The van der Waals surface area contributed by atoms with Crippen molar-refractivity contribution in [3.8, 4) is 0 Å². The van der Waals surface area contributed by atoms with Crippen LogP contribution in [0.5, 0.6) is 0 Å². The third-order valence-electron chi connectivity index (χ3n) is 3.71. The number of rotatable bonds is 2. The Morgan fingerprint density at radius 1 is 1.20 bits per heavy atom. The molecule has 1 aliphatic rings. The van der Waals surface area contributed by atoms with Crippen molar-refractivity contribution in [2.45, 2.75) is 25.9 Å². The molecule has 0 aliphatic carbocycles. The van der Waals surface area contributed by atoms with Crippen molar-refractivity contribution in [3.05, 3.63) is 35.4 Å². The highest BCUT2D eigenvalue weighted by molar-refractivity contribution is 5.97. The van der Waals surface area contributed by atoms with Crippen LogP contribution in [0.2, 0.25) is 0 Å². The molecule has 2 atom stereocenters. The van der Waals surface area contributed by atoms with Crippen LogP contribution in [0, 0.1) is 0 Å². The lowest BCUT2D eigenvalue weighted by molar-refractivity contribution is 0.0602. The first-order chi connectivity index (χ1) is 9.00. The second kappa shape index (κ2) is 6.72. The summed E-state index contributed by atoms with van der Waals surface area (Å²) >= 11 is 0. The lowest BCUT2D eigenvalue weighted by Gasteiger charge is -2.38. The highest BCUT2D eigenvalue weighted by Gasteiger charge is 2.28. The van der Waals surface area contributed by atoms with E-state index in [0.29, 0.717) is 17.7 Å². The number of nitrogens with two attached hydrogens (primary N) is 1. The lowest BCUT2D eigenvalue weighted by Crippen LogP contribution is -2.57. The van der Waals surface area contributed by atoms with Gasteiger partial charge in [-0.05, 0) is 38.1 Å². The molecule has 6 heteroatoms. The third-order valence-corrected chi connectivity index (χ3v) is 3.71. The molecule has 0 spiro atoms. The Labute approximate surface area is 124 Å². The van der Waals surface area contributed by atoms with Gasteiger partial charge in [0, 0.05) is 36.3 Å². The van der Waals surface area contributed by atoms with E-state index in [1.165, 1.54) is 0 Å². The van der Waals surface area contributed by atoms with Crippen molar-refractivity contribution in [2.24, 2.45) is 5.73 Å². The zero-order valence-corrected chi connectivity index (χ0v) is 12.4. The second-order valence-corrected chi connectivity index (χ2v) is 4.92. The second-order valence-electron chi connectivity index (χ2n) is 4.92. The van der Waals surface area contributed by atoms with E-state index in [-0.39, 0.29) is 30.4 Å². The predicted octanol–water partition coefficient (Wildman–Crippen LogP) is 1.03. The highest BCUT2D eigenvalue weighted by Crippen LogP contribution is 2.14. The van der Waals surface area contributed by atoms with Crippen LogP contribution in [-0.4, -0.2) is 41.9 Å². The molecule has 2 unspecified atom stereocenters. The Morgan fingerprint density at radius 3 is 2.30 bits per heavy atom. The van der Waals surface area contributed by atoms with Gasteiger partial charge < -0.3 is 16.0 Å². The third kappa shape index (κ3) is 3.29. The molecule has 0 radical (unpaired) electrons. The van der Waals surface area contributed by atoms with Gasteiger partial charge in [0.15, 0.2) is 0 Å². The van der Waals surface area contributed by atoms with E-state index in [9.17, 15) is 9.59 Å². The summed E-state index contributed by atoms with van der Waals surface area (Å²) in [7, 11) is 0. The Hall–Kier alpha value is -1.59. The number of hydrogen-bond acceptors (Lipinski definition) is 3. The summed E-state index contributed by atoms with van der Waals surface area (Å²) in [5.41, 5.74) is 6.18. The monoisotopic (exact) mass is 297 g/mol. The van der Waals surface area contributed by atoms with Gasteiger partial charge in [0.05, 0.1) is 0 Å². The summed E-state index contributed by atoms with van der Waals surface area (Å²) in [4.78, 5) is 25.3. The van der Waals surface area contributed by atoms with Gasteiger partial charge in [-0.1, -0.05) is 0 Å². The normalized spacial score (nSPS) is 22.0. The van der Waals surface area contributed by atoms with Gasteiger partial charge in [-0.2, -0.15) is 0 Å². The van der Waals surface area contributed by atoms with E-state index in [1.54, 1.807) is 24.3 Å². The van der Waals surface area contributed by atoms with E-state index in [4.69, 9.17) is 5.73 Å². The van der Waals surface area contributed by atoms with Crippen LogP contribution in [0.4, 0.5) is 0 Å². The van der Waals surface area contributed by atoms with E-state index in [2.05, 4.69) is 12.2 Å². The molecule has 20 heavy (non-hydrogen) atoms. The minimum Gasteiger partial charge on any atom is -0.366 e. The van der Waals surface area contributed by atoms with E-state index in [0.717, 1.165) is 6.54 Å². The van der Waals surface area contributed by atoms with Crippen molar-refractivity contribution in [2.75, 3.05) is 13.1 Å². The van der Waals surface area contributed by atoms with Crippen molar-refractivity contribution < 1.29 is 9.59 Å². The molecule has 1 aromatic carbocycles. The number of halogens is 1. The van der Waals surface area contributed by atoms with Crippen molar-refractivity contribution >= 4 is 24.2 Å². The first-order valence-electron chi connectivity index (χ1n) is 6.45. The molecule has 2 amide bonds. The predicted molar refractivity (Wildman–Crippen MR) is 80.2 cm³/mol. The maximum atomic E-state index is 12.4. The Kier molecular flexibility index (Phi) is 5.53. The average Bonchev–Trinajstić information content (AvgIpc) is 2.41. The van der Waals surface area contributed by atoms with Crippen LogP contribution in [0.3, 0.4) is 0 Å². The molecular weight excluding hydrogens is 278 g/mol. The molecular formula is C14H20ClN3O2. The van der Waals surface area contributed by atoms with Gasteiger partial charge in [-0.3, -0.25) is 9.59 Å². The zero-order valence-electron chi connectivity index (χ0n) is 11.6. The maximum absolute atomic E-state index is 12.4. The van der Waals surface area contributed by atoms with Crippen LogP contribution >= 0.6 is 12.4 Å². The largest absolute Gasteiger partial charge is 0.366 e. The number of carbonyl (C=O) groups excluding carboxylic acids is 2. The number of amides is 2. The Bertz CT molecular complexity index is 490. The van der Waals surface area contributed by atoms with Crippen molar-refractivity contribution in [1.29, 1.82) is 0 Å². The van der Waals surface area contributed by atoms with Gasteiger partial charge >= 0.3 is 0 Å². The number of nitrogens with one attached hydrogen (secondary N) is 1. The van der Waals surface area contributed by atoms with Gasteiger partial charge in [0.2, 0.25) is 5.91 Å². The summed E-state index contributed by atoms with van der Waals surface area (Å²) < 4.78 is 0. The summed E-state index contributed by atoms with van der Waals surface area (Å²) in [6.07, 6.45) is 0. The van der Waals surface area contributed by atoms with Crippen LogP contribution in [0.1, 0.15) is 34.6 Å². The van der Waals surface area contributed by atoms with Crippen molar-refractivity contribution in [3.63, 3.8) is 0 Å². The Balaban J connectivity index is 0.00000200. The van der Waals surface area contributed by atoms with Crippen LogP contribution in [0.25, 0.3) is 0 Å². The molecule has 3 N–H and O–H groups in total. The number of nitrogens with zero attached hydrogens (tertiary/aromatic N) is 1. The van der Waals surface area contributed by atoms with Gasteiger partial charge in [0.1, 0.15) is 0 Å². The number of hydrogen-bond donors (Lipinski definition) is 2. The summed E-state index contributed by atoms with van der Waals surface area (Å²) in [5.74, 6) is -0.486. The lowest BCUT2D eigenvalue weighted by atomic mass is 10.0. The maximum Gasteiger partial charge on any atom is 0.254 e. The number of benzene rings is 1. The summed E-state index contributed by atoms with van der Waals surface area (Å²) in [6, 6.07) is 6.92. The molecule has 1 fully saturated rings. The first kappa shape index (κ1) is 16.5. The minimum atomic E-state index is -0.483. The molecule has 1 saturated heterocycles. The fraction of sp³-hybridized carbons (Fsp3) is 0.429. The Morgan fingerprint density at radius 2 is 1.75 bits per heavy atom. The quantitative estimate of drug-likeness (QED) is 0.856. The van der Waals surface area contributed by atoms with Crippen molar-refractivity contribution in [1.82, 2.24) is 10.2 Å². The van der Waals surface area contributed by atoms with Gasteiger partial charge in [-0.15, -0.1) is 12.4 Å². The molecule has 0 aromatic heterocycles. The van der Waals surface area contributed by atoms with Crippen LogP contribution < -0.4 is 11.1 Å². The first-order valence-corrected chi connectivity index (χ1v) is 6.45. The molecule has 5 nitrogen and oxygen atoms in total. The molecule has 0 bridgehead atoms. The molecule has 0 saturated carbocycles. The SMILES string of the molecule is CC1NCCN(C(=O)c2ccc(C(N)=O)cc2)C1C.Cl. The molecule has 1 heterocycles.